The fourth-order valence-electron chi connectivity index (χ4n) is 5.26. The highest BCUT2D eigenvalue weighted by Gasteiger charge is 2.22. The molecule has 2 aliphatic heterocycles. The lowest BCUT2D eigenvalue weighted by molar-refractivity contribution is 0.102. The number of likely N-dealkylation sites (N-methyl/N-ethyl adjacent to an activating group) is 1. The predicted octanol–water partition coefficient (Wildman–Crippen LogP) is 4.71. The molecule has 1 saturated heterocycles. The van der Waals surface area contributed by atoms with Crippen molar-refractivity contribution in [2.75, 3.05) is 50.5 Å². The Morgan fingerprint density at radius 1 is 1.11 bits per heavy atom. The Labute approximate surface area is 259 Å². The van der Waals surface area contributed by atoms with Crippen molar-refractivity contribution < 1.29 is 9.53 Å². The second-order valence-electron chi connectivity index (χ2n) is 11.2. The number of anilines is 2. The topological polar surface area (TPSA) is 121 Å². The van der Waals surface area contributed by atoms with E-state index in [1.807, 2.05) is 74.8 Å². The van der Waals surface area contributed by atoms with Gasteiger partial charge in [-0.1, -0.05) is 25.1 Å². The average molecular weight is 595 g/mol. The van der Waals surface area contributed by atoms with Gasteiger partial charge < -0.3 is 26.0 Å². The van der Waals surface area contributed by atoms with Gasteiger partial charge in [-0.05, 0) is 67.4 Å². The summed E-state index contributed by atoms with van der Waals surface area (Å²) in [6.07, 6.45) is 10.8. The molecule has 0 radical (unpaired) electrons. The first-order valence-electron chi connectivity index (χ1n) is 15.2. The van der Waals surface area contributed by atoms with Gasteiger partial charge in [0.25, 0.3) is 5.91 Å². The Balaban J connectivity index is 1.19. The maximum Gasteiger partial charge on any atom is 0.256 e. The minimum atomic E-state index is -0.194. The second-order valence-corrected chi connectivity index (χ2v) is 11.2. The van der Waals surface area contributed by atoms with Crippen LogP contribution in [-0.2, 0) is 19.5 Å². The molecule has 1 fully saturated rings. The standard InChI is InChI=1S/C34H42N8O2/c1-4-6-30(35)36-13-11-24(2)29-22-39-33(28-12-18-44-32(28)29)38-20-25-7-5-8-27(19-25)34(43)40-31-10-9-26(21-37-31)23-42-16-14-41(3)15-17-42/h5-11,13,19,21-22H,4,12,14-18,20,23,35H2,1-3H3,(H,38,39)(H,37,40,43)/b24-11+,30-6+,36-13-. The van der Waals surface area contributed by atoms with Crippen molar-refractivity contribution in [1.29, 1.82) is 0 Å². The lowest BCUT2D eigenvalue weighted by Gasteiger charge is -2.32. The summed E-state index contributed by atoms with van der Waals surface area (Å²) in [5.74, 6) is 2.47. The van der Waals surface area contributed by atoms with Gasteiger partial charge >= 0.3 is 0 Å². The lowest BCUT2D eigenvalue weighted by atomic mass is 10.0. The third kappa shape index (κ3) is 8.09. The van der Waals surface area contributed by atoms with Crippen molar-refractivity contribution in [2.45, 2.75) is 39.8 Å². The van der Waals surface area contributed by atoms with Gasteiger partial charge in [0, 0.05) is 81.0 Å². The minimum Gasteiger partial charge on any atom is -0.492 e. The number of piperazine rings is 1. The molecular formula is C34H42N8O2. The zero-order valence-electron chi connectivity index (χ0n) is 25.8. The van der Waals surface area contributed by atoms with Crippen LogP contribution in [0.4, 0.5) is 11.6 Å². The van der Waals surface area contributed by atoms with Crippen LogP contribution < -0.4 is 21.1 Å². The molecule has 1 amide bonds. The molecule has 44 heavy (non-hydrogen) atoms. The molecule has 4 N–H and O–H groups in total. The van der Waals surface area contributed by atoms with E-state index in [2.05, 4.69) is 37.5 Å². The molecular weight excluding hydrogens is 552 g/mol. The molecule has 3 aromatic rings. The lowest BCUT2D eigenvalue weighted by Crippen LogP contribution is -2.43. The highest BCUT2D eigenvalue weighted by molar-refractivity contribution is 6.03. The Morgan fingerprint density at radius 3 is 2.73 bits per heavy atom. The van der Waals surface area contributed by atoms with Crippen LogP contribution in [-0.4, -0.2) is 71.7 Å². The smallest absolute Gasteiger partial charge is 0.256 e. The van der Waals surface area contributed by atoms with Gasteiger partial charge in [0.2, 0.25) is 0 Å². The van der Waals surface area contributed by atoms with E-state index in [0.717, 1.165) is 85.0 Å². The van der Waals surface area contributed by atoms with Crippen molar-refractivity contribution in [2.24, 2.45) is 10.7 Å². The molecule has 1 aromatic carbocycles. The fourth-order valence-corrected chi connectivity index (χ4v) is 5.26. The number of allylic oxidation sites excluding steroid dienone is 3. The number of aromatic nitrogens is 2. The summed E-state index contributed by atoms with van der Waals surface area (Å²) in [6.45, 7) is 10.3. The molecule has 0 atom stereocenters. The molecule has 230 valence electrons. The molecule has 5 rings (SSSR count). The third-order valence-electron chi connectivity index (χ3n) is 7.83. The number of nitrogens with zero attached hydrogens (tertiary/aromatic N) is 5. The van der Waals surface area contributed by atoms with Crippen molar-refractivity contribution in [1.82, 2.24) is 19.8 Å². The van der Waals surface area contributed by atoms with Crippen LogP contribution in [0, 0.1) is 0 Å². The van der Waals surface area contributed by atoms with Crippen LogP contribution in [0.3, 0.4) is 0 Å². The van der Waals surface area contributed by atoms with Gasteiger partial charge in [-0.15, -0.1) is 0 Å². The molecule has 0 bridgehead atoms. The van der Waals surface area contributed by atoms with E-state index in [0.29, 0.717) is 30.4 Å². The summed E-state index contributed by atoms with van der Waals surface area (Å²) < 4.78 is 6.00. The van der Waals surface area contributed by atoms with E-state index in [1.54, 1.807) is 6.21 Å². The Hall–Kier alpha value is -4.54. The molecule has 10 nitrogen and oxygen atoms in total. The zero-order valence-corrected chi connectivity index (χ0v) is 25.8. The number of carbonyl (C=O) groups excluding carboxylic acids is 1. The van der Waals surface area contributed by atoms with Crippen LogP contribution in [0.15, 0.2) is 71.8 Å². The molecule has 0 saturated carbocycles. The van der Waals surface area contributed by atoms with Crippen molar-refractivity contribution in [3.8, 4) is 5.75 Å². The fraction of sp³-hybridized carbons (Fsp3) is 0.353. The molecule has 0 unspecified atom stereocenters. The summed E-state index contributed by atoms with van der Waals surface area (Å²) in [5.41, 5.74) is 11.5. The van der Waals surface area contributed by atoms with Crippen molar-refractivity contribution in [3.05, 3.63) is 94.6 Å². The van der Waals surface area contributed by atoms with Crippen molar-refractivity contribution in [3.63, 3.8) is 0 Å². The number of pyridine rings is 2. The monoisotopic (exact) mass is 594 g/mol. The molecule has 10 heteroatoms. The van der Waals surface area contributed by atoms with Crippen LogP contribution in [0.2, 0.25) is 0 Å². The van der Waals surface area contributed by atoms with Gasteiger partial charge in [0.15, 0.2) is 0 Å². The number of rotatable bonds is 11. The van der Waals surface area contributed by atoms with Crippen LogP contribution in [0.5, 0.6) is 5.75 Å². The summed E-state index contributed by atoms with van der Waals surface area (Å²) in [6, 6.07) is 11.5. The molecule has 0 spiro atoms. The van der Waals surface area contributed by atoms with Gasteiger partial charge in [0.1, 0.15) is 23.2 Å². The van der Waals surface area contributed by atoms with E-state index >= 15 is 0 Å². The van der Waals surface area contributed by atoms with Gasteiger partial charge in [-0.3, -0.25) is 9.69 Å². The van der Waals surface area contributed by atoms with Gasteiger partial charge in [-0.2, -0.15) is 0 Å². The zero-order chi connectivity index (χ0) is 30.9. The first-order chi connectivity index (χ1) is 21.4. The summed E-state index contributed by atoms with van der Waals surface area (Å²) in [4.78, 5) is 31.3. The highest BCUT2D eigenvalue weighted by atomic mass is 16.5. The summed E-state index contributed by atoms with van der Waals surface area (Å²) in [7, 11) is 2.15. The highest BCUT2D eigenvalue weighted by Crippen LogP contribution is 2.37. The maximum atomic E-state index is 13.0. The largest absolute Gasteiger partial charge is 0.492 e. The number of nitrogens with one attached hydrogen (secondary N) is 2. The van der Waals surface area contributed by atoms with Crippen LogP contribution in [0.25, 0.3) is 5.57 Å². The van der Waals surface area contributed by atoms with Gasteiger partial charge in [-0.25, -0.2) is 15.0 Å². The normalized spacial score (nSPS) is 16.2. The number of nitrogens with two attached hydrogens (primary N) is 1. The minimum absolute atomic E-state index is 0.194. The first kappa shape index (κ1) is 30.9. The molecule has 2 aliphatic rings. The molecule has 2 aromatic heterocycles. The Kier molecular flexibility index (Phi) is 10.4. The summed E-state index contributed by atoms with van der Waals surface area (Å²) >= 11 is 0. The number of amides is 1. The van der Waals surface area contributed by atoms with Crippen LogP contribution >= 0.6 is 0 Å². The Bertz CT molecular complexity index is 1540. The van der Waals surface area contributed by atoms with E-state index in [-0.39, 0.29) is 5.91 Å². The SMILES string of the molecule is CC/C=C(N)/N=C\C=C(/C)c1cnc(NCc2cccc(C(=O)Nc3ccc(CN4CCN(C)CC4)cn3)c2)c2c1OCC2. The van der Waals surface area contributed by atoms with E-state index in [9.17, 15) is 4.79 Å². The number of ether oxygens (including phenoxy) is 1. The Morgan fingerprint density at radius 2 is 1.95 bits per heavy atom. The second kappa shape index (κ2) is 14.8. The number of hydrogen-bond donors (Lipinski definition) is 3. The quantitative estimate of drug-likeness (QED) is 0.273. The number of carbonyl (C=O) groups is 1. The number of hydrogen-bond acceptors (Lipinski definition) is 9. The molecule has 0 aliphatic carbocycles. The van der Waals surface area contributed by atoms with Gasteiger partial charge in [0.05, 0.1) is 6.61 Å². The van der Waals surface area contributed by atoms with E-state index in [1.165, 1.54) is 0 Å². The van der Waals surface area contributed by atoms with E-state index < -0.39 is 0 Å². The predicted molar refractivity (Wildman–Crippen MR) is 177 cm³/mol. The van der Waals surface area contributed by atoms with Crippen molar-refractivity contribution >= 4 is 29.3 Å². The van der Waals surface area contributed by atoms with E-state index in [4.69, 9.17) is 15.5 Å². The van der Waals surface area contributed by atoms with Crippen LogP contribution in [0.1, 0.15) is 52.9 Å². The number of aliphatic imine (C=N–C) groups is 1. The number of fused-ring (bicyclic) bond motifs is 1. The summed E-state index contributed by atoms with van der Waals surface area (Å²) in [5, 5.41) is 6.38. The third-order valence-corrected chi connectivity index (χ3v) is 7.83. The maximum absolute atomic E-state index is 13.0. The molecule has 4 heterocycles. The first-order valence-corrected chi connectivity index (χ1v) is 15.2. The number of benzene rings is 1. The average Bonchev–Trinajstić information content (AvgIpc) is 3.53.